The SMILES string of the molecule is COc1ccc(/C=C/CN2CCC[C@@H]2CN2c3ccccc3COc3ccccc32)cc1. The van der Waals surface area contributed by atoms with Crippen LogP contribution in [0.1, 0.15) is 24.0 Å². The van der Waals surface area contributed by atoms with E-state index in [1.165, 1.54) is 29.7 Å². The van der Waals surface area contributed by atoms with Crippen molar-refractivity contribution in [2.75, 3.05) is 31.6 Å². The lowest BCUT2D eigenvalue weighted by molar-refractivity contribution is 0.285. The number of hydrogen-bond donors (Lipinski definition) is 0. The van der Waals surface area contributed by atoms with E-state index in [0.29, 0.717) is 12.6 Å². The molecule has 3 aromatic carbocycles. The summed E-state index contributed by atoms with van der Waals surface area (Å²) in [6, 6.07) is 25.8. The predicted octanol–water partition coefficient (Wildman–Crippen LogP) is 5.90. The standard InChI is InChI=1S/C28H30N2O2/c1-31-25-16-14-22(15-17-25)8-6-18-29-19-7-10-24(29)20-30-26-11-3-2-9-23(26)21-32-28-13-5-4-12-27(28)30/h2-6,8-9,11-17,24H,7,10,18-21H2,1H3/b8-6+/t24-/m1/s1. The Hall–Kier alpha value is -3.24. The molecule has 1 saturated heterocycles. The first kappa shape index (κ1) is 20.7. The van der Waals surface area contributed by atoms with Crippen LogP contribution in [-0.4, -0.2) is 37.7 Å². The van der Waals surface area contributed by atoms with Gasteiger partial charge in [0.1, 0.15) is 18.1 Å². The first-order valence-corrected chi connectivity index (χ1v) is 11.4. The van der Waals surface area contributed by atoms with Crippen LogP contribution >= 0.6 is 0 Å². The zero-order chi connectivity index (χ0) is 21.8. The molecule has 1 fully saturated rings. The minimum Gasteiger partial charge on any atom is -0.497 e. The van der Waals surface area contributed by atoms with E-state index in [0.717, 1.165) is 36.8 Å². The molecule has 2 aliphatic rings. The molecule has 0 aliphatic carbocycles. The van der Waals surface area contributed by atoms with Gasteiger partial charge in [0.25, 0.3) is 0 Å². The summed E-state index contributed by atoms with van der Waals surface area (Å²) in [4.78, 5) is 5.07. The van der Waals surface area contributed by atoms with E-state index >= 15 is 0 Å². The van der Waals surface area contributed by atoms with Crippen molar-refractivity contribution in [3.05, 3.63) is 90.0 Å². The Kier molecular flexibility index (Phi) is 6.13. The molecule has 0 bridgehead atoms. The number of fused-ring (bicyclic) bond motifs is 2. The molecule has 32 heavy (non-hydrogen) atoms. The highest BCUT2D eigenvalue weighted by molar-refractivity contribution is 5.72. The second-order valence-corrected chi connectivity index (χ2v) is 8.46. The van der Waals surface area contributed by atoms with Gasteiger partial charge in [0.2, 0.25) is 0 Å². The summed E-state index contributed by atoms with van der Waals surface area (Å²) in [7, 11) is 1.70. The first-order valence-electron chi connectivity index (χ1n) is 11.4. The zero-order valence-electron chi connectivity index (χ0n) is 18.6. The molecule has 5 rings (SSSR count). The summed E-state index contributed by atoms with van der Waals surface area (Å²) in [5, 5.41) is 0. The van der Waals surface area contributed by atoms with Crippen molar-refractivity contribution in [1.82, 2.24) is 4.90 Å². The van der Waals surface area contributed by atoms with Crippen molar-refractivity contribution in [2.24, 2.45) is 0 Å². The van der Waals surface area contributed by atoms with Crippen LogP contribution in [0.4, 0.5) is 11.4 Å². The molecule has 0 radical (unpaired) electrons. The number of methoxy groups -OCH3 is 1. The molecule has 0 amide bonds. The van der Waals surface area contributed by atoms with Crippen molar-refractivity contribution in [3.8, 4) is 11.5 Å². The Balaban J connectivity index is 1.33. The Morgan fingerprint density at radius 1 is 0.969 bits per heavy atom. The van der Waals surface area contributed by atoms with Crippen LogP contribution in [0.3, 0.4) is 0 Å². The highest BCUT2D eigenvalue weighted by Gasteiger charge is 2.29. The molecule has 0 saturated carbocycles. The maximum atomic E-state index is 6.15. The quantitative estimate of drug-likeness (QED) is 0.490. The fraction of sp³-hybridized carbons (Fsp3) is 0.286. The van der Waals surface area contributed by atoms with Gasteiger partial charge in [-0.3, -0.25) is 4.90 Å². The fourth-order valence-corrected chi connectivity index (χ4v) is 4.77. The van der Waals surface area contributed by atoms with Crippen molar-refractivity contribution < 1.29 is 9.47 Å². The lowest BCUT2D eigenvalue weighted by atomic mass is 10.1. The summed E-state index contributed by atoms with van der Waals surface area (Å²) in [6.45, 7) is 3.69. The number of nitrogens with zero attached hydrogens (tertiary/aromatic N) is 2. The number of likely N-dealkylation sites (tertiary alicyclic amines) is 1. The molecule has 1 atom stereocenters. The Morgan fingerprint density at radius 3 is 2.59 bits per heavy atom. The van der Waals surface area contributed by atoms with E-state index < -0.39 is 0 Å². The van der Waals surface area contributed by atoms with Crippen LogP contribution < -0.4 is 14.4 Å². The van der Waals surface area contributed by atoms with Crippen molar-refractivity contribution in [3.63, 3.8) is 0 Å². The first-order chi connectivity index (χ1) is 15.8. The molecule has 0 aromatic heterocycles. The fourth-order valence-electron chi connectivity index (χ4n) is 4.77. The average Bonchev–Trinajstić information content (AvgIpc) is 3.22. The third kappa shape index (κ3) is 4.37. The van der Waals surface area contributed by atoms with Gasteiger partial charge >= 0.3 is 0 Å². The molecule has 4 heteroatoms. The minimum absolute atomic E-state index is 0.509. The van der Waals surface area contributed by atoms with Gasteiger partial charge < -0.3 is 14.4 Å². The largest absolute Gasteiger partial charge is 0.497 e. The number of rotatable bonds is 6. The molecule has 0 unspecified atom stereocenters. The van der Waals surface area contributed by atoms with Gasteiger partial charge in [0.05, 0.1) is 12.8 Å². The van der Waals surface area contributed by atoms with Crippen LogP contribution in [0.5, 0.6) is 11.5 Å². The van der Waals surface area contributed by atoms with Gasteiger partial charge in [0.15, 0.2) is 0 Å². The number of para-hydroxylation sites is 3. The summed E-state index contributed by atoms with van der Waals surface area (Å²) in [5.41, 5.74) is 4.87. The summed E-state index contributed by atoms with van der Waals surface area (Å²) >= 11 is 0. The Bertz CT molecular complexity index is 1030. The van der Waals surface area contributed by atoms with E-state index in [1.807, 2.05) is 12.1 Å². The number of hydrogen-bond acceptors (Lipinski definition) is 4. The average molecular weight is 427 g/mol. The second-order valence-electron chi connectivity index (χ2n) is 8.46. The van der Waals surface area contributed by atoms with Gasteiger partial charge in [-0.25, -0.2) is 0 Å². The second kappa shape index (κ2) is 9.49. The third-order valence-corrected chi connectivity index (χ3v) is 6.48. The van der Waals surface area contributed by atoms with E-state index in [9.17, 15) is 0 Å². The van der Waals surface area contributed by atoms with Crippen molar-refractivity contribution in [1.29, 1.82) is 0 Å². The number of benzene rings is 3. The van der Waals surface area contributed by atoms with E-state index in [1.54, 1.807) is 7.11 Å². The van der Waals surface area contributed by atoms with Crippen molar-refractivity contribution in [2.45, 2.75) is 25.5 Å². The molecule has 4 nitrogen and oxygen atoms in total. The summed E-state index contributed by atoms with van der Waals surface area (Å²) in [5.74, 6) is 1.86. The molecule has 3 aromatic rings. The minimum atomic E-state index is 0.509. The van der Waals surface area contributed by atoms with E-state index in [2.05, 4.69) is 82.6 Å². The van der Waals surface area contributed by atoms with Gasteiger partial charge in [0, 0.05) is 30.4 Å². The molecule has 0 N–H and O–H groups in total. The molecular formula is C28H30N2O2. The molecular weight excluding hydrogens is 396 g/mol. The topological polar surface area (TPSA) is 24.9 Å². The summed E-state index contributed by atoms with van der Waals surface area (Å²) in [6.07, 6.45) is 6.96. The number of ether oxygens (including phenoxy) is 2. The van der Waals surface area contributed by atoms with Gasteiger partial charge in [-0.2, -0.15) is 0 Å². The third-order valence-electron chi connectivity index (χ3n) is 6.48. The Morgan fingerprint density at radius 2 is 1.75 bits per heavy atom. The van der Waals surface area contributed by atoms with Gasteiger partial charge in [-0.1, -0.05) is 54.6 Å². The van der Waals surface area contributed by atoms with Gasteiger partial charge in [-0.15, -0.1) is 0 Å². The lowest BCUT2D eigenvalue weighted by Crippen LogP contribution is -2.38. The van der Waals surface area contributed by atoms with Crippen molar-refractivity contribution >= 4 is 17.5 Å². The van der Waals surface area contributed by atoms with Crippen LogP contribution in [0.25, 0.3) is 6.08 Å². The zero-order valence-corrected chi connectivity index (χ0v) is 18.6. The Labute approximate surface area is 190 Å². The van der Waals surface area contributed by atoms with E-state index in [-0.39, 0.29) is 0 Å². The molecule has 2 heterocycles. The predicted molar refractivity (Wildman–Crippen MR) is 131 cm³/mol. The van der Waals surface area contributed by atoms with Crippen LogP contribution in [0.2, 0.25) is 0 Å². The van der Waals surface area contributed by atoms with Gasteiger partial charge in [-0.05, 0) is 55.3 Å². The molecule has 0 spiro atoms. The number of anilines is 2. The molecule has 164 valence electrons. The maximum absolute atomic E-state index is 6.15. The highest BCUT2D eigenvalue weighted by atomic mass is 16.5. The normalized spacial score (nSPS) is 18.2. The monoisotopic (exact) mass is 426 g/mol. The lowest BCUT2D eigenvalue weighted by Gasteiger charge is -2.32. The summed E-state index contributed by atoms with van der Waals surface area (Å²) < 4.78 is 11.4. The maximum Gasteiger partial charge on any atom is 0.143 e. The van der Waals surface area contributed by atoms with Crippen LogP contribution in [-0.2, 0) is 6.61 Å². The van der Waals surface area contributed by atoms with Crippen LogP contribution in [0, 0.1) is 0 Å². The smallest absolute Gasteiger partial charge is 0.143 e. The van der Waals surface area contributed by atoms with E-state index in [4.69, 9.17) is 9.47 Å². The van der Waals surface area contributed by atoms with Crippen LogP contribution in [0.15, 0.2) is 78.9 Å². The highest BCUT2D eigenvalue weighted by Crippen LogP contribution is 2.40. The molecule has 2 aliphatic heterocycles.